The molecule has 3 rings (SSSR count). The Kier molecular flexibility index (Phi) is 9.23. The van der Waals surface area contributed by atoms with Gasteiger partial charge in [0.05, 0.1) is 25.9 Å². The highest BCUT2D eigenvalue weighted by molar-refractivity contribution is 6.76. The highest BCUT2D eigenvalue weighted by atomic mass is 35.6. The lowest BCUT2D eigenvalue weighted by Gasteiger charge is -2.44. The second-order valence-electron chi connectivity index (χ2n) is 7.97. The van der Waals surface area contributed by atoms with Gasteiger partial charge in [-0.15, -0.1) is 0 Å². The van der Waals surface area contributed by atoms with Crippen LogP contribution in [0, 0.1) is 17.2 Å². The minimum absolute atomic E-state index is 0.0472. The number of benzene rings is 2. The molecule has 1 heterocycles. The minimum atomic E-state index is -1.99. The van der Waals surface area contributed by atoms with Crippen LogP contribution in [0.25, 0.3) is 0 Å². The Morgan fingerprint density at radius 1 is 0.906 bits per heavy atom. The summed E-state index contributed by atoms with van der Waals surface area (Å²) in [4.78, 5) is 0. The molecule has 2 aromatic rings. The molecule has 0 saturated carbocycles. The molecule has 0 amide bonds. The van der Waals surface area contributed by atoms with E-state index in [9.17, 15) is 0 Å². The van der Waals surface area contributed by atoms with Crippen molar-refractivity contribution in [1.82, 2.24) is 0 Å². The zero-order valence-electron chi connectivity index (χ0n) is 18.0. The number of nitrogens with one attached hydrogen (secondary N) is 1. The van der Waals surface area contributed by atoms with E-state index in [1.807, 2.05) is 60.7 Å². The number of hydrogen-bond acceptors (Lipinski definition) is 5. The number of hydrogen-bond donors (Lipinski definition) is 1. The zero-order chi connectivity index (χ0) is 23.1. The van der Waals surface area contributed by atoms with E-state index in [0.717, 1.165) is 11.1 Å². The Morgan fingerprint density at radius 2 is 1.47 bits per heavy atom. The third kappa shape index (κ3) is 7.08. The number of rotatable bonds is 8. The van der Waals surface area contributed by atoms with Gasteiger partial charge < -0.3 is 18.9 Å². The van der Waals surface area contributed by atoms with Gasteiger partial charge in [-0.05, 0) is 23.0 Å². The summed E-state index contributed by atoms with van der Waals surface area (Å²) in [6.45, 7) is 5.39. The molecule has 5 atom stereocenters. The number of halogens is 3. The summed E-state index contributed by atoms with van der Waals surface area (Å²) in [5.41, 5.74) is 2.11. The maximum atomic E-state index is 8.01. The van der Waals surface area contributed by atoms with E-state index in [2.05, 4.69) is 13.8 Å². The summed E-state index contributed by atoms with van der Waals surface area (Å²) in [5.74, 6) is -0.342. The molecule has 32 heavy (non-hydrogen) atoms. The lowest BCUT2D eigenvalue weighted by Crippen LogP contribution is -2.53. The molecule has 1 saturated heterocycles. The number of alkyl halides is 3. The van der Waals surface area contributed by atoms with Gasteiger partial charge >= 0.3 is 0 Å². The van der Waals surface area contributed by atoms with Crippen LogP contribution in [0.4, 0.5) is 0 Å². The van der Waals surface area contributed by atoms with E-state index in [0.29, 0.717) is 19.8 Å². The molecule has 0 aliphatic carbocycles. The molecule has 1 N–H and O–H groups in total. The summed E-state index contributed by atoms with van der Waals surface area (Å²) in [6.07, 6.45) is -1.62. The van der Waals surface area contributed by atoms with Crippen LogP contribution in [0.15, 0.2) is 60.7 Å². The molecule has 1 aliphatic rings. The second kappa shape index (κ2) is 11.7. The maximum Gasteiger partial charge on any atom is 0.265 e. The van der Waals surface area contributed by atoms with Crippen molar-refractivity contribution < 1.29 is 18.9 Å². The van der Waals surface area contributed by atoms with Gasteiger partial charge in [0.1, 0.15) is 6.10 Å². The molecule has 0 bridgehead atoms. The minimum Gasteiger partial charge on any atom is -0.445 e. The van der Waals surface area contributed by atoms with Crippen molar-refractivity contribution in [3.05, 3.63) is 71.8 Å². The third-order valence-electron chi connectivity index (χ3n) is 5.68. The van der Waals surface area contributed by atoms with Crippen LogP contribution in [-0.4, -0.2) is 34.8 Å². The van der Waals surface area contributed by atoms with Gasteiger partial charge in [0.2, 0.25) is 12.2 Å². The third-order valence-corrected chi connectivity index (χ3v) is 6.20. The van der Waals surface area contributed by atoms with E-state index >= 15 is 0 Å². The van der Waals surface area contributed by atoms with Crippen LogP contribution in [0.3, 0.4) is 0 Å². The predicted molar refractivity (Wildman–Crippen MR) is 127 cm³/mol. The fraction of sp³-hybridized carbons (Fsp3) is 0.458. The average molecular weight is 501 g/mol. The van der Waals surface area contributed by atoms with Gasteiger partial charge in [-0.2, -0.15) is 0 Å². The second-order valence-corrected chi connectivity index (χ2v) is 10.2. The summed E-state index contributed by atoms with van der Waals surface area (Å²) in [5, 5.41) is 8.01. The molecule has 1 fully saturated rings. The maximum absolute atomic E-state index is 8.01. The van der Waals surface area contributed by atoms with Crippen molar-refractivity contribution in [3.8, 4) is 0 Å². The first kappa shape index (κ1) is 25.3. The van der Waals surface area contributed by atoms with Crippen LogP contribution >= 0.6 is 34.8 Å². The highest BCUT2D eigenvalue weighted by Gasteiger charge is 2.45. The quantitative estimate of drug-likeness (QED) is 0.268. The summed E-state index contributed by atoms with van der Waals surface area (Å²) in [6, 6.07) is 19.8. The predicted octanol–water partition coefficient (Wildman–Crippen LogP) is 6.15. The first-order valence-corrected chi connectivity index (χ1v) is 11.6. The van der Waals surface area contributed by atoms with E-state index < -0.39 is 22.1 Å². The average Bonchev–Trinajstić information content (AvgIpc) is 2.77. The van der Waals surface area contributed by atoms with Crippen LogP contribution in [0.1, 0.15) is 25.0 Å². The van der Waals surface area contributed by atoms with E-state index in [1.54, 1.807) is 0 Å². The van der Waals surface area contributed by atoms with Crippen molar-refractivity contribution in [2.45, 2.75) is 49.4 Å². The Balaban J connectivity index is 1.67. The SMILES string of the molecule is CC1C(COCc2ccccc2)OC(OC(=N)C(Cl)(Cl)Cl)C(OCc2ccccc2)C1C. The molecule has 0 aromatic heterocycles. The van der Waals surface area contributed by atoms with Crippen molar-refractivity contribution in [1.29, 1.82) is 5.41 Å². The fourth-order valence-electron chi connectivity index (χ4n) is 3.59. The van der Waals surface area contributed by atoms with Gasteiger partial charge in [0.15, 0.2) is 0 Å². The smallest absolute Gasteiger partial charge is 0.265 e. The fourth-order valence-corrected chi connectivity index (χ4v) is 3.73. The van der Waals surface area contributed by atoms with Crippen LogP contribution in [0.5, 0.6) is 0 Å². The Labute approximate surface area is 204 Å². The summed E-state index contributed by atoms with van der Waals surface area (Å²) in [7, 11) is 0. The molecule has 0 radical (unpaired) electrons. The highest BCUT2D eigenvalue weighted by Crippen LogP contribution is 2.36. The molecule has 174 valence electrons. The molecule has 8 heteroatoms. The normalized spacial score (nSPS) is 26.0. The molecule has 5 nitrogen and oxygen atoms in total. The Morgan fingerprint density at radius 3 is 2.03 bits per heavy atom. The molecule has 2 aromatic carbocycles. The van der Waals surface area contributed by atoms with Crippen molar-refractivity contribution >= 4 is 40.7 Å². The van der Waals surface area contributed by atoms with E-state index in [1.165, 1.54) is 0 Å². The van der Waals surface area contributed by atoms with Crippen molar-refractivity contribution in [2.24, 2.45) is 11.8 Å². The topological polar surface area (TPSA) is 60.8 Å². The first-order chi connectivity index (χ1) is 15.3. The van der Waals surface area contributed by atoms with Crippen LogP contribution in [-0.2, 0) is 32.2 Å². The molecular formula is C24H28Cl3NO4. The van der Waals surface area contributed by atoms with Gasteiger partial charge in [-0.1, -0.05) is 109 Å². The monoisotopic (exact) mass is 499 g/mol. The Bertz CT molecular complexity index is 845. The lowest BCUT2D eigenvalue weighted by molar-refractivity contribution is -0.266. The number of ether oxygens (including phenoxy) is 4. The molecular weight excluding hydrogens is 473 g/mol. The molecule has 0 spiro atoms. The Hall–Kier alpha value is -1.34. The largest absolute Gasteiger partial charge is 0.445 e. The zero-order valence-corrected chi connectivity index (χ0v) is 20.3. The van der Waals surface area contributed by atoms with Gasteiger partial charge in [0.25, 0.3) is 3.79 Å². The van der Waals surface area contributed by atoms with Crippen molar-refractivity contribution in [2.75, 3.05) is 6.61 Å². The first-order valence-electron chi connectivity index (χ1n) is 10.5. The molecule has 1 aliphatic heterocycles. The summed E-state index contributed by atoms with van der Waals surface area (Å²) >= 11 is 17.5. The standard InChI is InChI=1S/C24H28Cl3NO4/c1-16-17(2)21(30-14-19-11-7-4-8-12-19)22(32-23(28)24(25,26)27)31-20(16)15-29-13-18-9-5-3-6-10-18/h3-12,16-17,20-22,28H,13-15H2,1-2H3. The lowest BCUT2D eigenvalue weighted by atomic mass is 9.83. The summed E-state index contributed by atoms with van der Waals surface area (Å²) < 4.78 is 21.9. The molecule has 5 unspecified atom stereocenters. The van der Waals surface area contributed by atoms with Gasteiger partial charge in [-0.25, -0.2) is 0 Å². The van der Waals surface area contributed by atoms with Gasteiger partial charge in [0, 0.05) is 0 Å². The van der Waals surface area contributed by atoms with Crippen LogP contribution in [0.2, 0.25) is 0 Å². The van der Waals surface area contributed by atoms with Crippen LogP contribution < -0.4 is 0 Å². The van der Waals surface area contributed by atoms with E-state index in [-0.39, 0.29) is 17.9 Å². The van der Waals surface area contributed by atoms with E-state index in [4.69, 9.17) is 59.2 Å². The van der Waals surface area contributed by atoms with Crippen molar-refractivity contribution in [3.63, 3.8) is 0 Å². The van der Waals surface area contributed by atoms with Gasteiger partial charge in [-0.3, -0.25) is 5.41 Å².